The largest absolute Gasteiger partial charge is 0.487 e. The fourth-order valence-electron chi connectivity index (χ4n) is 2.76. The molecule has 0 radical (unpaired) electrons. The molecule has 2 unspecified atom stereocenters. The first-order valence-corrected chi connectivity index (χ1v) is 7.93. The van der Waals surface area contributed by atoms with Crippen molar-refractivity contribution in [2.75, 3.05) is 6.54 Å². The number of nitrogens with one attached hydrogen (secondary N) is 1. The highest BCUT2D eigenvalue weighted by Crippen LogP contribution is 2.33. The predicted octanol–water partition coefficient (Wildman–Crippen LogP) is 3.65. The highest BCUT2D eigenvalue weighted by molar-refractivity contribution is 6.32. The third-order valence-electron chi connectivity index (χ3n) is 4.08. The van der Waals surface area contributed by atoms with E-state index in [1.54, 1.807) is 0 Å². The molecule has 120 valence electrons. The molecule has 5 heteroatoms. The Morgan fingerprint density at radius 3 is 2.70 bits per heavy atom. The van der Waals surface area contributed by atoms with Crippen molar-refractivity contribution in [1.82, 2.24) is 5.32 Å². The van der Waals surface area contributed by atoms with Gasteiger partial charge in [-0.2, -0.15) is 0 Å². The van der Waals surface area contributed by atoms with Crippen LogP contribution in [0.1, 0.15) is 23.6 Å². The van der Waals surface area contributed by atoms with E-state index in [0.29, 0.717) is 30.3 Å². The first-order valence-electron chi connectivity index (χ1n) is 7.56. The standard InChI is InChI=1S/C18H18ClNO3/c19-15-8-13(16-9-14(10-20-16)18(21)22)6-7-17(15)23-11-12-4-2-1-3-5-12/h1-8,14,16,20H,9-11H2,(H,21,22). The molecule has 0 amide bonds. The molecule has 1 heterocycles. The van der Waals surface area contributed by atoms with Crippen LogP contribution >= 0.6 is 11.6 Å². The van der Waals surface area contributed by atoms with Crippen LogP contribution in [0.5, 0.6) is 5.75 Å². The van der Waals surface area contributed by atoms with Gasteiger partial charge in [0.05, 0.1) is 10.9 Å². The van der Waals surface area contributed by atoms with Crippen molar-refractivity contribution in [1.29, 1.82) is 0 Å². The maximum atomic E-state index is 11.0. The number of aliphatic carboxylic acids is 1. The minimum absolute atomic E-state index is 0.0248. The number of carboxylic acid groups (broad SMARTS) is 1. The van der Waals surface area contributed by atoms with E-state index in [-0.39, 0.29) is 12.0 Å². The normalized spacial score (nSPS) is 20.4. The van der Waals surface area contributed by atoms with Crippen molar-refractivity contribution in [2.45, 2.75) is 19.1 Å². The quantitative estimate of drug-likeness (QED) is 0.878. The van der Waals surface area contributed by atoms with Gasteiger partial charge < -0.3 is 15.2 Å². The van der Waals surface area contributed by atoms with Crippen molar-refractivity contribution >= 4 is 17.6 Å². The molecule has 2 aromatic carbocycles. The molecule has 1 aliphatic heterocycles. The van der Waals surface area contributed by atoms with E-state index in [1.807, 2.05) is 48.5 Å². The Morgan fingerprint density at radius 2 is 2.04 bits per heavy atom. The molecular formula is C18H18ClNO3. The van der Waals surface area contributed by atoms with E-state index in [9.17, 15) is 4.79 Å². The Balaban J connectivity index is 1.65. The predicted molar refractivity (Wildman–Crippen MR) is 88.7 cm³/mol. The van der Waals surface area contributed by atoms with Gasteiger partial charge in [0.2, 0.25) is 0 Å². The molecule has 0 aliphatic carbocycles. The lowest BCUT2D eigenvalue weighted by Crippen LogP contribution is -2.17. The Morgan fingerprint density at radius 1 is 1.26 bits per heavy atom. The molecule has 23 heavy (non-hydrogen) atoms. The lowest BCUT2D eigenvalue weighted by Gasteiger charge is -2.14. The monoisotopic (exact) mass is 331 g/mol. The van der Waals surface area contributed by atoms with Crippen LogP contribution in [0.25, 0.3) is 0 Å². The summed E-state index contributed by atoms with van der Waals surface area (Å²) in [6, 6.07) is 15.5. The zero-order valence-corrected chi connectivity index (χ0v) is 13.3. The van der Waals surface area contributed by atoms with Gasteiger partial charge in [-0.25, -0.2) is 0 Å². The molecule has 1 aliphatic rings. The summed E-state index contributed by atoms with van der Waals surface area (Å²) in [5.74, 6) is -0.464. The average Bonchev–Trinajstić information content (AvgIpc) is 3.05. The summed E-state index contributed by atoms with van der Waals surface area (Å²) < 4.78 is 5.75. The SMILES string of the molecule is O=C(O)C1CNC(c2ccc(OCc3ccccc3)c(Cl)c2)C1. The van der Waals surface area contributed by atoms with Gasteiger partial charge in [-0.3, -0.25) is 4.79 Å². The summed E-state index contributed by atoms with van der Waals surface area (Å²) >= 11 is 6.30. The Labute approximate surface area is 140 Å². The number of halogens is 1. The first kappa shape index (κ1) is 15.8. The number of ether oxygens (including phenoxy) is 1. The maximum absolute atomic E-state index is 11.0. The molecule has 0 spiro atoms. The van der Waals surface area contributed by atoms with E-state index in [4.69, 9.17) is 21.4 Å². The van der Waals surface area contributed by atoms with Gasteiger partial charge in [0.15, 0.2) is 0 Å². The summed E-state index contributed by atoms with van der Waals surface area (Å²) in [7, 11) is 0. The number of carbonyl (C=O) groups is 1. The van der Waals surface area contributed by atoms with Crippen LogP contribution in [-0.4, -0.2) is 17.6 Å². The van der Waals surface area contributed by atoms with Gasteiger partial charge >= 0.3 is 5.97 Å². The first-order chi connectivity index (χ1) is 11.1. The fraction of sp³-hybridized carbons (Fsp3) is 0.278. The zero-order valence-electron chi connectivity index (χ0n) is 12.5. The second-order valence-electron chi connectivity index (χ2n) is 5.70. The third kappa shape index (κ3) is 3.84. The van der Waals surface area contributed by atoms with Gasteiger partial charge in [0, 0.05) is 12.6 Å². The minimum atomic E-state index is -0.756. The Hall–Kier alpha value is -2.04. The minimum Gasteiger partial charge on any atom is -0.487 e. The van der Waals surface area contributed by atoms with Crippen molar-refractivity contribution in [2.24, 2.45) is 5.92 Å². The Bertz CT molecular complexity index is 690. The number of hydrogen-bond donors (Lipinski definition) is 2. The van der Waals surface area contributed by atoms with Crippen LogP contribution in [0.3, 0.4) is 0 Å². The molecule has 0 aromatic heterocycles. The molecule has 0 saturated carbocycles. The number of hydrogen-bond acceptors (Lipinski definition) is 3. The van der Waals surface area contributed by atoms with E-state index in [2.05, 4.69) is 5.32 Å². The Kier molecular flexibility index (Phi) is 4.84. The summed E-state index contributed by atoms with van der Waals surface area (Å²) in [4.78, 5) is 11.0. The summed E-state index contributed by atoms with van der Waals surface area (Å²) in [6.45, 7) is 0.951. The van der Waals surface area contributed by atoms with E-state index in [1.165, 1.54) is 0 Å². The number of rotatable bonds is 5. The van der Waals surface area contributed by atoms with Crippen LogP contribution in [0.4, 0.5) is 0 Å². The van der Waals surface area contributed by atoms with Gasteiger partial charge in [0.1, 0.15) is 12.4 Å². The van der Waals surface area contributed by atoms with Gasteiger partial charge in [-0.15, -0.1) is 0 Å². The van der Waals surface area contributed by atoms with Gasteiger partial charge in [0.25, 0.3) is 0 Å². The molecule has 4 nitrogen and oxygen atoms in total. The second-order valence-corrected chi connectivity index (χ2v) is 6.10. The number of benzene rings is 2. The van der Waals surface area contributed by atoms with Crippen LogP contribution in [-0.2, 0) is 11.4 Å². The zero-order chi connectivity index (χ0) is 16.2. The van der Waals surface area contributed by atoms with Crippen LogP contribution < -0.4 is 10.1 Å². The maximum Gasteiger partial charge on any atom is 0.307 e. The summed E-state index contributed by atoms with van der Waals surface area (Å²) in [6.07, 6.45) is 0.579. The molecule has 1 saturated heterocycles. The van der Waals surface area contributed by atoms with E-state index >= 15 is 0 Å². The smallest absolute Gasteiger partial charge is 0.307 e. The third-order valence-corrected chi connectivity index (χ3v) is 4.37. The lowest BCUT2D eigenvalue weighted by molar-refractivity contribution is -0.141. The van der Waals surface area contributed by atoms with Crippen LogP contribution in [0.2, 0.25) is 5.02 Å². The molecular weight excluding hydrogens is 314 g/mol. The molecule has 2 atom stereocenters. The molecule has 2 aromatic rings. The summed E-state index contributed by atoms with van der Waals surface area (Å²) in [5, 5.41) is 12.8. The topological polar surface area (TPSA) is 58.6 Å². The molecule has 0 bridgehead atoms. The van der Waals surface area contributed by atoms with Gasteiger partial charge in [-0.1, -0.05) is 48.0 Å². The van der Waals surface area contributed by atoms with Crippen molar-refractivity contribution < 1.29 is 14.6 Å². The van der Waals surface area contributed by atoms with E-state index < -0.39 is 5.97 Å². The molecule has 2 N–H and O–H groups in total. The highest BCUT2D eigenvalue weighted by Gasteiger charge is 2.30. The average molecular weight is 332 g/mol. The fourth-order valence-corrected chi connectivity index (χ4v) is 3.01. The van der Waals surface area contributed by atoms with Crippen molar-refractivity contribution in [3.63, 3.8) is 0 Å². The van der Waals surface area contributed by atoms with Gasteiger partial charge in [-0.05, 0) is 29.7 Å². The van der Waals surface area contributed by atoms with Crippen LogP contribution in [0.15, 0.2) is 48.5 Å². The van der Waals surface area contributed by atoms with Crippen LogP contribution in [0, 0.1) is 5.92 Å². The second kappa shape index (κ2) is 7.02. The number of carboxylic acids is 1. The van der Waals surface area contributed by atoms with E-state index in [0.717, 1.165) is 11.1 Å². The molecule has 1 fully saturated rings. The molecule has 3 rings (SSSR count). The van der Waals surface area contributed by atoms with Crippen molar-refractivity contribution in [3.05, 3.63) is 64.7 Å². The summed E-state index contributed by atoms with van der Waals surface area (Å²) in [5.41, 5.74) is 2.07. The highest BCUT2D eigenvalue weighted by atomic mass is 35.5. The van der Waals surface area contributed by atoms with Crippen molar-refractivity contribution in [3.8, 4) is 5.75 Å². The lowest BCUT2D eigenvalue weighted by atomic mass is 10.00.